The molecule has 0 radical (unpaired) electrons. The first-order valence-corrected chi connectivity index (χ1v) is 7.35. The van der Waals surface area contributed by atoms with Gasteiger partial charge in [-0.1, -0.05) is 31.5 Å². The first-order valence-electron chi connectivity index (χ1n) is 7.35. The second-order valence-electron chi connectivity index (χ2n) is 5.24. The Balaban J connectivity index is 1.99. The molecule has 112 valence electrons. The number of hydrogen-bond acceptors (Lipinski definition) is 5. The fraction of sp³-hybridized carbons (Fsp3) is 0.176. The van der Waals surface area contributed by atoms with Crippen LogP contribution in [-0.2, 0) is 6.42 Å². The van der Waals surface area contributed by atoms with Crippen LogP contribution in [0.3, 0.4) is 0 Å². The van der Waals surface area contributed by atoms with E-state index in [1.165, 1.54) is 5.56 Å². The van der Waals surface area contributed by atoms with Crippen LogP contribution >= 0.6 is 0 Å². The Kier molecular flexibility index (Phi) is 3.78. The molecule has 1 aromatic heterocycles. The fourth-order valence-corrected chi connectivity index (χ4v) is 2.39. The number of benzene rings is 2. The van der Waals surface area contributed by atoms with Crippen LogP contribution in [0.2, 0.25) is 0 Å². The summed E-state index contributed by atoms with van der Waals surface area (Å²) in [6.45, 7) is 2.15. The van der Waals surface area contributed by atoms with Gasteiger partial charge in [-0.05, 0) is 36.2 Å². The van der Waals surface area contributed by atoms with E-state index in [9.17, 15) is 0 Å². The molecule has 5 nitrogen and oxygen atoms in total. The van der Waals surface area contributed by atoms with Gasteiger partial charge in [-0.2, -0.15) is 0 Å². The molecule has 0 bridgehead atoms. The highest BCUT2D eigenvalue weighted by Crippen LogP contribution is 2.27. The molecule has 0 aliphatic rings. The van der Waals surface area contributed by atoms with Gasteiger partial charge in [0.05, 0.1) is 22.4 Å². The first-order chi connectivity index (χ1) is 10.7. The monoisotopic (exact) mass is 293 g/mol. The van der Waals surface area contributed by atoms with Crippen molar-refractivity contribution in [3.63, 3.8) is 0 Å². The van der Waals surface area contributed by atoms with Crippen LogP contribution in [0.5, 0.6) is 0 Å². The van der Waals surface area contributed by atoms with Crippen molar-refractivity contribution in [2.75, 3.05) is 16.8 Å². The summed E-state index contributed by atoms with van der Waals surface area (Å²) in [6, 6.07) is 13.6. The van der Waals surface area contributed by atoms with Crippen molar-refractivity contribution in [3.8, 4) is 0 Å². The fourth-order valence-electron chi connectivity index (χ4n) is 2.39. The Morgan fingerprint density at radius 1 is 1.00 bits per heavy atom. The predicted octanol–water partition coefficient (Wildman–Crippen LogP) is 3.49. The van der Waals surface area contributed by atoms with Crippen molar-refractivity contribution in [2.24, 2.45) is 0 Å². The minimum Gasteiger partial charge on any atom is -0.397 e. The van der Waals surface area contributed by atoms with Gasteiger partial charge in [0.25, 0.3) is 0 Å². The third-order valence-electron chi connectivity index (χ3n) is 3.51. The Hall–Kier alpha value is -2.82. The first kappa shape index (κ1) is 14.1. The third kappa shape index (κ3) is 2.79. The lowest BCUT2D eigenvalue weighted by molar-refractivity contribution is 0.922. The summed E-state index contributed by atoms with van der Waals surface area (Å²) in [6.07, 6.45) is 2.09. The van der Waals surface area contributed by atoms with E-state index < -0.39 is 0 Å². The number of fused-ring (bicyclic) bond motifs is 1. The number of aromatic nitrogens is 2. The van der Waals surface area contributed by atoms with Gasteiger partial charge in [0.15, 0.2) is 11.6 Å². The summed E-state index contributed by atoms with van der Waals surface area (Å²) >= 11 is 0. The average molecular weight is 293 g/mol. The molecule has 2 aromatic carbocycles. The smallest absolute Gasteiger partial charge is 0.174 e. The third-order valence-corrected chi connectivity index (χ3v) is 3.51. The molecule has 3 rings (SSSR count). The van der Waals surface area contributed by atoms with Crippen LogP contribution in [0, 0.1) is 0 Å². The van der Waals surface area contributed by atoms with Crippen molar-refractivity contribution >= 4 is 34.0 Å². The molecule has 5 heteroatoms. The van der Waals surface area contributed by atoms with Crippen molar-refractivity contribution < 1.29 is 0 Å². The van der Waals surface area contributed by atoms with Gasteiger partial charge >= 0.3 is 0 Å². The van der Waals surface area contributed by atoms with Crippen LogP contribution in [0.15, 0.2) is 42.5 Å². The number of aryl methyl sites for hydroxylation is 1. The molecular weight excluding hydrogens is 274 g/mol. The number of para-hydroxylation sites is 2. The second-order valence-corrected chi connectivity index (χ2v) is 5.24. The van der Waals surface area contributed by atoms with Crippen LogP contribution in [-0.4, -0.2) is 9.97 Å². The van der Waals surface area contributed by atoms with E-state index in [0.717, 1.165) is 29.6 Å². The van der Waals surface area contributed by atoms with Gasteiger partial charge in [0.2, 0.25) is 0 Å². The average Bonchev–Trinajstić information content (AvgIpc) is 2.51. The number of anilines is 4. The number of nitrogens with one attached hydrogen (secondary N) is 1. The van der Waals surface area contributed by atoms with Crippen molar-refractivity contribution in [3.05, 3.63) is 48.0 Å². The molecule has 22 heavy (non-hydrogen) atoms. The summed E-state index contributed by atoms with van der Waals surface area (Å²) in [5, 5.41) is 3.21. The minimum absolute atomic E-state index is 0.360. The quantitative estimate of drug-likeness (QED) is 0.641. The van der Waals surface area contributed by atoms with E-state index in [4.69, 9.17) is 11.5 Å². The molecular formula is C17H19N5. The molecule has 0 saturated heterocycles. The topological polar surface area (TPSA) is 89.8 Å². The van der Waals surface area contributed by atoms with Crippen LogP contribution in [0.1, 0.15) is 18.9 Å². The predicted molar refractivity (Wildman–Crippen MR) is 92.1 cm³/mol. The highest BCUT2D eigenvalue weighted by atomic mass is 15.1. The largest absolute Gasteiger partial charge is 0.397 e. The highest BCUT2D eigenvalue weighted by molar-refractivity contribution is 5.82. The highest BCUT2D eigenvalue weighted by Gasteiger charge is 2.08. The van der Waals surface area contributed by atoms with Gasteiger partial charge < -0.3 is 16.8 Å². The number of nitrogens with two attached hydrogens (primary N) is 2. The summed E-state index contributed by atoms with van der Waals surface area (Å²) in [5.74, 6) is 0.887. The molecule has 0 unspecified atom stereocenters. The van der Waals surface area contributed by atoms with E-state index in [1.54, 1.807) is 0 Å². The number of nitrogen functional groups attached to an aromatic ring is 2. The molecule has 0 aliphatic carbocycles. The number of hydrogen-bond donors (Lipinski definition) is 3. The maximum atomic E-state index is 6.04. The molecule has 0 aliphatic heterocycles. The molecule has 0 saturated carbocycles. The van der Waals surface area contributed by atoms with E-state index >= 15 is 0 Å². The lowest BCUT2D eigenvalue weighted by Crippen LogP contribution is -2.04. The Bertz CT molecular complexity index is 813. The van der Waals surface area contributed by atoms with Gasteiger partial charge in [0.1, 0.15) is 0 Å². The van der Waals surface area contributed by atoms with Crippen molar-refractivity contribution in [2.45, 2.75) is 19.8 Å². The zero-order valence-corrected chi connectivity index (χ0v) is 12.5. The summed E-state index contributed by atoms with van der Waals surface area (Å²) in [4.78, 5) is 8.90. The van der Waals surface area contributed by atoms with E-state index in [-0.39, 0.29) is 0 Å². The SMILES string of the molecule is CCCc1ccc(N)c(Nc2nc3ccccc3nc2N)c1. The molecule has 0 amide bonds. The minimum atomic E-state index is 0.360. The summed E-state index contributed by atoms with van der Waals surface area (Å²) in [5.41, 5.74) is 16.3. The lowest BCUT2D eigenvalue weighted by Gasteiger charge is -2.12. The van der Waals surface area contributed by atoms with Crippen LogP contribution in [0.25, 0.3) is 11.0 Å². The van der Waals surface area contributed by atoms with E-state index in [2.05, 4.69) is 22.2 Å². The molecule has 5 N–H and O–H groups in total. The van der Waals surface area contributed by atoms with Gasteiger partial charge in [0, 0.05) is 0 Å². The Morgan fingerprint density at radius 2 is 1.73 bits per heavy atom. The van der Waals surface area contributed by atoms with E-state index in [0.29, 0.717) is 17.3 Å². The maximum Gasteiger partial charge on any atom is 0.174 e. The second kappa shape index (κ2) is 5.89. The van der Waals surface area contributed by atoms with Gasteiger partial charge in [-0.3, -0.25) is 0 Å². The molecule has 3 aromatic rings. The number of nitrogens with zero attached hydrogens (tertiary/aromatic N) is 2. The summed E-state index contributed by atoms with van der Waals surface area (Å²) < 4.78 is 0. The molecule has 1 heterocycles. The Labute approximate surface area is 129 Å². The molecule has 0 fully saturated rings. The van der Waals surface area contributed by atoms with Gasteiger partial charge in [-0.15, -0.1) is 0 Å². The molecule has 0 atom stereocenters. The maximum absolute atomic E-state index is 6.04. The standard InChI is InChI=1S/C17H19N5/c1-2-5-11-8-9-12(18)15(10-11)22-17-16(19)20-13-6-3-4-7-14(13)21-17/h3-4,6-10H,2,5,18H2,1H3,(H2,19,20)(H,21,22). The lowest BCUT2D eigenvalue weighted by atomic mass is 10.1. The van der Waals surface area contributed by atoms with Crippen molar-refractivity contribution in [1.82, 2.24) is 9.97 Å². The van der Waals surface area contributed by atoms with Gasteiger partial charge in [-0.25, -0.2) is 9.97 Å². The normalized spacial score (nSPS) is 10.8. The van der Waals surface area contributed by atoms with Crippen molar-refractivity contribution in [1.29, 1.82) is 0 Å². The number of rotatable bonds is 4. The summed E-state index contributed by atoms with van der Waals surface area (Å²) in [7, 11) is 0. The van der Waals surface area contributed by atoms with Crippen LogP contribution < -0.4 is 16.8 Å². The Morgan fingerprint density at radius 3 is 2.45 bits per heavy atom. The van der Waals surface area contributed by atoms with E-state index in [1.807, 2.05) is 42.5 Å². The zero-order chi connectivity index (χ0) is 15.5. The molecule has 0 spiro atoms. The van der Waals surface area contributed by atoms with Crippen LogP contribution in [0.4, 0.5) is 23.0 Å². The zero-order valence-electron chi connectivity index (χ0n) is 12.5.